The Morgan fingerprint density at radius 1 is 1.50 bits per heavy atom. The lowest BCUT2D eigenvalue weighted by Gasteiger charge is -2.46. The maximum Gasteiger partial charge on any atom is 0.319 e. The summed E-state index contributed by atoms with van der Waals surface area (Å²) in [7, 11) is 0. The van der Waals surface area contributed by atoms with Gasteiger partial charge in [-0.05, 0) is 37.5 Å². The Morgan fingerprint density at radius 2 is 2.32 bits per heavy atom. The minimum atomic E-state index is -0.542. The highest BCUT2D eigenvalue weighted by Gasteiger charge is 2.44. The zero-order chi connectivity index (χ0) is 15.7. The van der Waals surface area contributed by atoms with Gasteiger partial charge < -0.3 is 16.4 Å². The molecule has 1 aliphatic heterocycles. The average molecular weight is 327 g/mol. The number of hydrogen-bond donors (Lipinski definition) is 3. The summed E-state index contributed by atoms with van der Waals surface area (Å²) in [5.74, 6) is -0.458. The second kappa shape index (κ2) is 5.93. The molecule has 1 aromatic rings. The van der Waals surface area contributed by atoms with E-state index in [1.165, 1.54) is 6.07 Å². The topological polar surface area (TPSA) is 70.4 Å². The van der Waals surface area contributed by atoms with Crippen LogP contribution in [0.15, 0.2) is 18.2 Å². The Bertz CT molecular complexity index is 585. The summed E-state index contributed by atoms with van der Waals surface area (Å²) in [6, 6.07) is 4.45. The van der Waals surface area contributed by atoms with Gasteiger partial charge in [0.05, 0.1) is 5.02 Å². The van der Waals surface area contributed by atoms with E-state index >= 15 is 0 Å². The van der Waals surface area contributed by atoms with Crippen molar-refractivity contribution in [2.75, 3.05) is 18.4 Å². The largest absolute Gasteiger partial charge is 0.362 e. The first-order valence-electron chi connectivity index (χ1n) is 7.54. The number of halogens is 2. The van der Waals surface area contributed by atoms with Crippen molar-refractivity contribution in [2.45, 2.75) is 37.4 Å². The van der Waals surface area contributed by atoms with Crippen LogP contribution < -0.4 is 16.4 Å². The van der Waals surface area contributed by atoms with Crippen LogP contribution in [-0.2, 0) is 0 Å². The van der Waals surface area contributed by atoms with Gasteiger partial charge in [0, 0.05) is 31.2 Å². The molecule has 3 rings (SSSR count). The highest BCUT2D eigenvalue weighted by atomic mass is 35.5. The number of nitrogens with zero attached hydrogens (tertiary/aromatic N) is 1. The van der Waals surface area contributed by atoms with Gasteiger partial charge in [0.1, 0.15) is 11.5 Å². The van der Waals surface area contributed by atoms with Crippen LogP contribution in [0.3, 0.4) is 0 Å². The van der Waals surface area contributed by atoms with Crippen molar-refractivity contribution >= 4 is 23.3 Å². The fraction of sp³-hybridized carbons (Fsp3) is 0.533. The van der Waals surface area contributed by atoms with E-state index in [-0.39, 0.29) is 17.1 Å². The fourth-order valence-electron chi connectivity index (χ4n) is 3.44. The van der Waals surface area contributed by atoms with Crippen molar-refractivity contribution in [3.8, 4) is 0 Å². The normalized spacial score (nSPS) is 28.6. The number of carbonyl (C=O) groups is 1. The molecule has 2 atom stereocenters. The Balaban J connectivity index is 1.91. The lowest BCUT2D eigenvalue weighted by molar-refractivity contribution is 0.112. The minimum absolute atomic E-state index is 0.0329. The summed E-state index contributed by atoms with van der Waals surface area (Å²) in [4.78, 5) is 14.0. The molecule has 2 aliphatic rings. The van der Waals surface area contributed by atoms with E-state index in [1.54, 1.807) is 12.1 Å². The number of amides is 2. The molecule has 1 aromatic carbocycles. The molecular formula is C15H20ClFN4O. The van der Waals surface area contributed by atoms with Crippen LogP contribution in [0.2, 0.25) is 5.02 Å². The van der Waals surface area contributed by atoms with Gasteiger partial charge in [0.2, 0.25) is 0 Å². The molecule has 2 fully saturated rings. The molecule has 0 bridgehead atoms. The summed E-state index contributed by atoms with van der Waals surface area (Å²) in [6.45, 7) is 1.26. The molecule has 5 nitrogen and oxygen atoms in total. The quantitative estimate of drug-likeness (QED) is 0.799. The van der Waals surface area contributed by atoms with Crippen LogP contribution in [0.5, 0.6) is 0 Å². The molecule has 22 heavy (non-hydrogen) atoms. The number of urea groups is 1. The minimum Gasteiger partial charge on any atom is -0.362 e. The molecule has 4 N–H and O–H groups in total. The highest BCUT2D eigenvalue weighted by molar-refractivity contribution is 6.31. The third kappa shape index (κ3) is 2.85. The first-order valence-corrected chi connectivity index (χ1v) is 7.92. The van der Waals surface area contributed by atoms with Gasteiger partial charge in [-0.1, -0.05) is 11.6 Å². The van der Waals surface area contributed by atoms with Crippen molar-refractivity contribution in [1.29, 1.82) is 0 Å². The second-order valence-corrected chi connectivity index (χ2v) is 6.43. The smallest absolute Gasteiger partial charge is 0.319 e. The molecule has 2 unspecified atom stereocenters. The Labute approximate surface area is 134 Å². The summed E-state index contributed by atoms with van der Waals surface area (Å²) in [5.41, 5.74) is 6.30. The van der Waals surface area contributed by atoms with Crippen LogP contribution in [0, 0.1) is 5.82 Å². The SMILES string of the molecule is NC1CCCC(Nc2ccc(F)c(Cl)c2)(N2CCNC2=O)C1. The second-order valence-electron chi connectivity index (χ2n) is 6.03. The molecule has 1 heterocycles. The highest BCUT2D eigenvalue weighted by Crippen LogP contribution is 2.36. The number of hydrogen-bond acceptors (Lipinski definition) is 3. The van der Waals surface area contributed by atoms with E-state index in [9.17, 15) is 9.18 Å². The lowest BCUT2D eigenvalue weighted by atomic mass is 9.84. The van der Waals surface area contributed by atoms with Gasteiger partial charge >= 0.3 is 6.03 Å². The number of benzene rings is 1. The molecule has 0 aromatic heterocycles. The van der Waals surface area contributed by atoms with Crippen molar-refractivity contribution < 1.29 is 9.18 Å². The standard InChI is InChI=1S/C15H20ClFN4O/c16-12-8-11(3-4-13(12)17)20-15(5-1-2-10(18)9-15)21-7-6-19-14(21)22/h3-4,8,10,20H,1-2,5-7,9,18H2,(H,19,22). The number of anilines is 1. The molecule has 1 saturated heterocycles. The van der Waals surface area contributed by atoms with Crippen molar-refractivity contribution in [3.05, 3.63) is 29.0 Å². The summed E-state index contributed by atoms with van der Waals surface area (Å²) >= 11 is 5.86. The number of carbonyl (C=O) groups excluding carboxylic acids is 1. The van der Waals surface area contributed by atoms with E-state index in [0.29, 0.717) is 25.2 Å². The summed E-state index contributed by atoms with van der Waals surface area (Å²) < 4.78 is 13.3. The van der Waals surface area contributed by atoms with Gasteiger partial charge in [-0.25, -0.2) is 9.18 Å². The molecule has 1 aliphatic carbocycles. The Morgan fingerprint density at radius 3 is 2.95 bits per heavy atom. The van der Waals surface area contributed by atoms with Crippen molar-refractivity contribution in [2.24, 2.45) is 5.73 Å². The van der Waals surface area contributed by atoms with Crippen LogP contribution in [0.1, 0.15) is 25.7 Å². The lowest BCUT2D eigenvalue weighted by Crippen LogP contribution is -2.60. The first-order chi connectivity index (χ1) is 10.5. The number of nitrogens with one attached hydrogen (secondary N) is 2. The van der Waals surface area contributed by atoms with E-state index in [2.05, 4.69) is 10.6 Å². The van der Waals surface area contributed by atoms with Gasteiger partial charge in [0.25, 0.3) is 0 Å². The molecule has 1 saturated carbocycles. The van der Waals surface area contributed by atoms with Gasteiger partial charge in [-0.3, -0.25) is 4.90 Å². The summed E-state index contributed by atoms with van der Waals surface area (Å²) in [6.07, 6.45) is 3.36. The van der Waals surface area contributed by atoms with E-state index in [0.717, 1.165) is 19.3 Å². The molecule has 2 amide bonds. The number of rotatable bonds is 3. The fourth-order valence-corrected chi connectivity index (χ4v) is 3.62. The van der Waals surface area contributed by atoms with Crippen LogP contribution in [-0.4, -0.2) is 35.7 Å². The average Bonchev–Trinajstić information content (AvgIpc) is 2.90. The van der Waals surface area contributed by atoms with E-state index < -0.39 is 11.5 Å². The van der Waals surface area contributed by atoms with Gasteiger partial charge in [-0.2, -0.15) is 0 Å². The number of nitrogens with two attached hydrogens (primary N) is 1. The molecule has 7 heteroatoms. The zero-order valence-corrected chi connectivity index (χ0v) is 13.0. The molecular weight excluding hydrogens is 307 g/mol. The van der Waals surface area contributed by atoms with Gasteiger partial charge in [0.15, 0.2) is 0 Å². The first kappa shape index (κ1) is 15.4. The molecule has 120 valence electrons. The van der Waals surface area contributed by atoms with Crippen LogP contribution in [0.4, 0.5) is 14.9 Å². The van der Waals surface area contributed by atoms with Crippen molar-refractivity contribution in [1.82, 2.24) is 10.2 Å². The Hall–Kier alpha value is -1.53. The Kier molecular flexibility index (Phi) is 4.14. The van der Waals surface area contributed by atoms with E-state index in [1.807, 2.05) is 4.90 Å². The summed E-state index contributed by atoms with van der Waals surface area (Å²) in [5, 5.41) is 6.29. The predicted octanol–water partition coefficient (Wildman–Crippen LogP) is 2.51. The third-order valence-electron chi connectivity index (χ3n) is 4.44. The van der Waals surface area contributed by atoms with Gasteiger partial charge in [-0.15, -0.1) is 0 Å². The maximum atomic E-state index is 13.3. The molecule has 0 spiro atoms. The van der Waals surface area contributed by atoms with Crippen molar-refractivity contribution in [3.63, 3.8) is 0 Å². The van der Waals surface area contributed by atoms with E-state index in [4.69, 9.17) is 17.3 Å². The monoisotopic (exact) mass is 326 g/mol. The zero-order valence-electron chi connectivity index (χ0n) is 12.2. The van der Waals surface area contributed by atoms with Crippen LogP contribution in [0.25, 0.3) is 0 Å². The maximum absolute atomic E-state index is 13.3. The predicted molar refractivity (Wildman–Crippen MR) is 84.3 cm³/mol. The van der Waals surface area contributed by atoms with Crippen LogP contribution >= 0.6 is 11.6 Å². The molecule has 0 radical (unpaired) electrons. The third-order valence-corrected chi connectivity index (χ3v) is 4.72.